The number of nitro groups is 1. The first-order valence-corrected chi connectivity index (χ1v) is 23.7. The number of nitrogens with zero attached hydrogens (tertiary/aromatic N) is 3. The van der Waals surface area contributed by atoms with E-state index in [0.717, 1.165) is 12.1 Å². The van der Waals surface area contributed by atoms with E-state index in [-0.39, 0.29) is 48.6 Å². The van der Waals surface area contributed by atoms with Crippen molar-refractivity contribution in [1.82, 2.24) is 20.7 Å². The van der Waals surface area contributed by atoms with Crippen molar-refractivity contribution in [1.29, 1.82) is 0 Å². The van der Waals surface area contributed by atoms with E-state index in [4.69, 9.17) is 42.6 Å². The molecule has 1 aromatic rings. The van der Waals surface area contributed by atoms with Crippen molar-refractivity contribution < 1.29 is 76.9 Å². The fourth-order valence-electron chi connectivity index (χ4n) is 10.6. The lowest BCUT2D eigenvalue weighted by atomic mass is 9.77. The smallest absolute Gasteiger partial charge is 0.458 e. The summed E-state index contributed by atoms with van der Waals surface area (Å²) in [7, 11) is 7.02. The highest BCUT2D eigenvalue weighted by Gasteiger charge is 2.58. The van der Waals surface area contributed by atoms with Crippen LogP contribution in [-0.2, 0) is 47.4 Å². The zero-order valence-corrected chi connectivity index (χ0v) is 42.4. The minimum Gasteiger partial charge on any atom is -0.458 e. The molecule has 4 fully saturated rings. The summed E-state index contributed by atoms with van der Waals surface area (Å²) in [5.74, 6) is -3.66. The Balaban J connectivity index is 1.48. The van der Waals surface area contributed by atoms with Crippen LogP contribution < -0.4 is 10.9 Å². The number of hydrogen-bond donors (Lipinski definition) is 4. The summed E-state index contributed by atoms with van der Waals surface area (Å²) in [4.78, 5) is 67.8. The summed E-state index contributed by atoms with van der Waals surface area (Å²) in [6, 6.07) is 4.01. The molecule has 22 heteroatoms. The second kappa shape index (κ2) is 22.4. The number of cyclic esters (lactones) is 1. The van der Waals surface area contributed by atoms with E-state index in [2.05, 4.69) is 10.9 Å². The number of amides is 2. The molecule has 4 aliphatic rings. The molecule has 0 bridgehead atoms. The highest BCUT2D eigenvalue weighted by molar-refractivity contribution is 5.95. The van der Waals surface area contributed by atoms with Crippen LogP contribution in [0.3, 0.4) is 0 Å². The number of carbonyl (C=O) groups excluding carboxylic acids is 4. The summed E-state index contributed by atoms with van der Waals surface area (Å²) in [6.07, 6.45) is -10.9. The molecule has 0 spiro atoms. The molecule has 4 saturated heterocycles. The van der Waals surface area contributed by atoms with Crippen LogP contribution in [0.25, 0.3) is 0 Å². The van der Waals surface area contributed by atoms with Crippen molar-refractivity contribution in [2.45, 2.75) is 185 Å². The number of likely N-dealkylation sites (N-methyl/N-ethyl adjacent to an activating group) is 2. The number of hydrazine groups is 1. The quantitative estimate of drug-likeness (QED) is 0.111. The van der Waals surface area contributed by atoms with Crippen molar-refractivity contribution in [3.63, 3.8) is 0 Å². The van der Waals surface area contributed by atoms with Crippen LogP contribution in [0.15, 0.2) is 24.3 Å². The van der Waals surface area contributed by atoms with Crippen molar-refractivity contribution in [3.8, 4) is 0 Å². The van der Waals surface area contributed by atoms with Crippen LogP contribution in [-0.4, -0.2) is 174 Å². The van der Waals surface area contributed by atoms with E-state index in [1.165, 1.54) is 19.2 Å². The van der Waals surface area contributed by atoms with Gasteiger partial charge in [-0.1, -0.05) is 20.8 Å². The molecule has 1 aromatic carbocycles. The van der Waals surface area contributed by atoms with E-state index in [1.807, 2.05) is 58.6 Å². The van der Waals surface area contributed by atoms with E-state index >= 15 is 0 Å². The largest absolute Gasteiger partial charge is 0.509 e. The minimum absolute atomic E-state index is 0.0397. The average Bonchev–Trinajstić information content (AvgIpc) is 3.59. The molecule has 69 heavy (non-hydrogen) atoms. The second-order valence-corrected chi connectivity index (χ2v) is 20.3. The van der Waals surface area contributed by atoms with E-state index < -0.39 is 119 Å². The van der Waals surface area contributed by atoms with Gasteiger partial charge in [-0.3, -0.25) is 30.0 Å². The summed E-state index contributed by atoms with van der Waals surface area (Å²) in [5, 5.41) is 35.5. The number of nitrogens with one attached hydrogen (secondary N) is 2. The molecule has 4 heterocycles. The van der Waals surface area contributed by atoms with Gasteiger partial charge in [-0.2, -0.15) is 0 Å². The molecule has 22 nitrogen and oxygen atoms in total. The third-order valence-corrected chi connectivity index (χ3v) is 14.5. The van der Waals surface area contributed by atoms with Gasteiger partial charge in [-0.25, -0.2) is 15.0 Å². The fourth-order valence-corrected chi connectivity index (χ4v) is 10.6. The van der Waals surface area contributed by atoms with E-state index in [1.54, 1.807) is 41.5 Å². The number of aliphatic hydroxyl groups is 2. The van der Waals surface area contributed by atoms with Gasteiger partial charge in [0, 0.05) is 55.8 Å². The van der Waals surface area contributed by atoms with Crippen molar-refractivity contribution in [2.75, 3.05) is 34.8 Å². The zero-order valence-electron chi connectivity index (χ0n) is 42.4. The summed E-state index contributed by atoms with van der Waals surface area (Å²) in [5.41, 5.74) is -0.105. The summed E-state index contributed by atoms with van der Waals surface area (Å²) < 4.78 is 56.0. The molecule has 390 valence electrons. The molecule has 4 aliphatic heterocycles. The van der Waals surface area contributed by atoms with Crippen molar-refractivity contribution in [3.05, 3.63) is 39.9 Å². The minimum atomic E-state index is -1.66. The van der Waals surface area contributed by atoms with Gasteiger partial charge in [0.2, 0.25) is 0 Å². The maximum Gasteiger partial charge on any atom is 0.509 e. The molecule has 0 aromatic heterocycles. The summed E-state index contributed by atoms with van der Waals surface area (Å²) >= 11 is 0. The number of fused-ring (bicyclic) bond motifs is 1. The number of aliphatic hydroxyl groups excluding tert-OH is 1. The van der Waals surface area contributed by atoms with Gasteiger partial charge in [0.25, 0.3) is 11.6 Å². The van der Waals surface area contributed by atoms with Crippen LogP contribution in [0.4, 0.5) is 15.3 Å². The molecule has 4 N–H and O–H groups in total. The lowest BCUT2D eigenvalue weighted by Gasteiger charge is -2.49. The van der Waals surface area contributed by atoms with Gasteiger partial charge in [-0.05, 0) is 107 Å². The molecule has 0 unspecified atom stereocenters. The Bertz CT molecular complexity index is 1960. The highest BCUT2D eigenvalue weighted by Crippen LogP contribution is 2.42. The van der Waals surface area contributed by atoms with Gasteiger partial charge >= 0.3 is 18.2 Å². The first-order chi connectivity index (χ1) is 32.2. The number of methoxy groups -OCH3 is 1. The first kappa shape index (κ1) is 55.7. The van der Waals surface area contributed by atoms with Crippen LogP contribution in [0, 0.1) is 27.9 Å². The van der Waals surface area contributed by atoms with Gasteiger partial charge in [0.05, 0.1) is 40.9 Å². The van der Waals surface area contributed by atoms with Crippen LogP contribution in [0.1, 0.15) is 105 Å². The maximum absolute atomic E-state index is 14.7. The Morgan fingerprint density at radius 3 is 2.22 bits per heavy atom. The number of esters is 1. The molecule has 2 amide bonds. The SMILES string of the molecule is CC[C@H]1OC(=O)[C@H](C)[C@@H](O[C@H]2C[C@@](C)(OC)[C@@H](OC(=O)NNC(=O)c3ccc([N+](=O)[O-])cc3)[C@H](C)O2)[C@H](C)[C@@H](O[C@@H]2O[C@H](C)C[C@H](N(C)C)[C@H]2O)[C@](C)(O)C[C@@H](C)CN(C)[C@H](C)[C@H]2OC(=O)O[C@@]21C. The second-order valence-electron chi connectivity index (χ2n) is 20.3. The summed E-state index contributed by atoms with van der Waals surface area (Å²) in [6.45, 7) is 18.1. The molecular weight excluding hydrogens is 907 g/mol. The lowest BCUT2D eigenvalue weighted by molar-refractivity contribution is -0.384. The predicted molar refractivity (Wildman–Crippen MR) is 245 cm³/mol. The zero-order chi connectivity index (χ0) is 51.5. The normalized spacial score (nSPS) is 40.5. The molecule has 0 saturated carbocycles. The fraction of sp³-hybridized carbons (Fsp3) is 0.787. The Morgan fingerprint density at radius 2 is 1.62 bits per heavy atom. The maximum atomic E-state index is 14.7. The highest BCUT2D eigenvalue weighted by atomic mass is 16.8. The topological polar surface area (TPSA) is 265 Å². The number of carbonyl (C=O) groups is 4. The van der Waals surface area contributed by atoms with Crippen molar-refractivity contribution in [2.24, 2.45) is 17.8 Å². The van der Waals surface area contributed by atoms with Gasteiger partial charge in [0.1, 0.15) is 17.8 Å². The Morgan fingerprint density at radius 1 is 0.971 bits per heavy atom. The number of rotatable bonds is 10. The van der Waals surface area contributed by atoms with Crippen LogP contribution in [0.2, 0.25) is 0 Å². The molecule has 0 radical (unpaired) electrons. The third kappa shape index (κ3) is 12.6. The average molecular weight is 982 g/mol. The Hall–Kier alpha value is -4.26. The molecule has 5 rings (SSSR count). The third-order valence-electron chi connectivity index (χ3n) is 14.5. The van der Waals surface area contributed by atoms with E-state index in [9.17, 15) is 39.5 Å². The Kier molecular flexibility index (Phi) is 18.1. The number of hydrogen-bond acceptors (Lipinski definition) is 19. The van der Waals surface area contributed by atoms with Crippen LogP contribution >= 0.6 is 0 Å². The first-order valence-electron chi connectivity index (χ1n) is 23.7. The van der Waals surface area contributed by atoms with Crippen molar-refractivity contribution >= 4 is 29.8 Å². The monoisotopic (exact) mass is 982 g/mol. The number of nitro benzene ring substituents is 1. The number of benzene rings is 1. The van der Waals surface area contributed by atoms with Gasteiger partial charge < -0.3 is 57.7 Å². The molecule has 18 atom stereocenters. The van der Waals surface area contributed by atoms with Gasteiger partial charge in [-0.15, -0.1) is 0 Å². The lowest BCUT2D eigenvalue weighted by Crippen LogP contribution is -2.61. The van der Waals surface area contributed by atoms with Crippen LogP contribution in [0.5, 0.6) is 0 Å². The number of ether oxygens (including phenoxy) is 9. The number of non-ortho nitro benzene ring substituents is 1. The molecule has 0 aliphatic carbocycles. The van der Waals surface area contributed by atoms with E-state index in [0.29, 0.717) is 13.0 Å². The predicted octanol–water partition coefficient (Wildman–Crippen LogP) is 4.07. The van der Waals surface area contributed by atoms with Gasteiger partial charge in [0.15, 0.2) is 30.4 Å². The Labute approximate surface area is 404 Å². The standard InChI is InChI=1S/C47H75N5O17/c1-15-33-47(10)38(68-44(57)69-47)28(6)51(13)23-24(2)21-45(8,58)37(66-42-35(53)32(50(11)12)20-25(3)62-42)26(4)36(27(5)41(55)64-33)65-34-22-46(9,61-14)39(29(7)63-34)67-43(56)49-48-40(54)30-16-18-31(19-17-30)52(59)60/h16-19,24-29,32-39,42,53,58H,15,20-23H2,1-14H3,(H,48,54)(H,49,56)/t24-,25-,26+,27-,28-,29+,32+,33-,34+,35-,36+,37-,38-,39+,42+,45-,46-,47-/m1/s1. The molecular formula is C47H75N5O17.